The number of amides is 1. The molecule has 1 N–H and O–H groups in total. The largest absolute Gasteiger partial charge is 0.321 e. The number of fused-ring (bicyclic) bond motifs is 1. The van der Waals surface area contributed by atoms with E-state index in [4.69, 9.17) is 11.6 Å². The monoisotopic (exact) mass is 448 g/mol. The molecule has 0 aliphatic rings. The van der Waals surface area contributed by atoms with Gasteiger partial charge in [0.25, 0.3) is 17.2 Å². The maximum Gasteiger partial charge on any atom is 0.273 e. The van der Waals surface area contributed by atoms with Crippen molar-refractivity contribution in [2.75, 3.05) is 5.32 Å². The number of nitrogens with one attached hydrogen (secondary N) is 1. The van der Waals surface area contributed by atoms with Crippen molar-refractivity contribution in [3.05, 3.63) is 103 Å². The lowest BCUT2D eigenvalue weighted by Crippen LogP contribution is -2.22. The number of halogens is 1. The highest BCUT2D eigenvalue weighted by atomic mass is 35.5. The van der Waals surface area contributed by atoms with Crippen LogP contribution in [0.1, 0.15) is 21.7 Å². The molecule has 0 saturated heterocycles. The van der Waals surface area contributed by atoms with Crippen LogP contribution in [0.4, 0.5) is 11.4 Å². The van der Waals surface area contributed by atoms with Gasteiger partial charge in [-0.25, -0.2) is 4.98 Å². The average Bonchev–Trinajstić information content (AvgIpc) is 2.76. The number of aromatic nitrogens is 2. The number of benzene rings is 3. The maximum atomic E-state index is 13.1. The number of carbonyl (C=O) groups is 1. The summed E-state index contributed by atoms with van der Waals surface area (Å²) in [6.07, 6.45) is 0. The molecular formula is C23H17ClN4O4. The Labute approximate surface area is 187 Å². The summed E-state index contributed by atoms with van der Waals surface area (Å²) in [5.74, 6) is -0.0877. The van der Waals surface area contributed by atoms with E-state index in [1.165, 1.54) is 22.8 Å². The van der Waals surface area contributed by atoms with Gasteiger partial charge in [-0.15, -0.1) is 0 Å². The molecule has 1 amide bonds. The number of anilines is 1. The van der Waals surface area contributed by atoms with E-state index in [0.717, 1.165) is 0 Å². The topological polar surface area (TPSA) is 107 Å². The van der Waals surface area contributed by atoms with Crippen LogP contribution in [0.3, 0.4) is 0 Å². The molecule has 0 atom stereocenters. The molecule has 3 aromatic carbocycles. The van der Waals surface area contributed by atoms with E-state index in [2.05, 4.69) is 10.3 Å². The molecular weight excluding hydrogens is 432 g/mol. The fourth-order valence-electron chi connectivity index (χ4n) is 3.44. The third-order valence-electron chi connectivity index (χ3n) is 5.07. The Morgan fingerprint density at radius 3 is 2.59 bits per heavy atom. The Balaban J connectivity index is 1.74. The van der Waals surface area contributed by atoms with Gasteiger partial charge in [0, 0.05) is 17.2 Å². The standard InChI is InChI=1S/C23H17ClN4O4/c1-13-7-8-15(11-21(13)28(31)32)22(29)26-20-12-16(9-10-18(20)24)27-14(2)25-19-6-4-3-5-17(19)23(27)30/h3-12H,1-2H3,(H,26,29). The molecule has 0 fully saturated rings. The van der Waals surface area contributed by atoms with Crippen molar-refractivity contribution >= 4 is 39.8 Å². The fraction of sp³-hybridized carbons (Fsp3) is 0.0870. The van der Waals surface area contributed by atoms with Crippen molar-refractivity contribution in [2.45, 2.75) is 13.8 Å². The smallest absolute Gasteiger partial charge is 0.273 e. The molecule has 1 aromatic heterocycles. The number of carbonyl (C=O) groups excluding carboxylic acids is 1. The molecule has 4 aromatic rings. The summed E-state index contributed by atoms with van der Waals surface area (Å²) in [6, 6.07) is 16.0. The lowest BCUT2D eigenvalue weighted by atomic mass is 10.1. The van der Waals surface area contributed by atoms with Gasteiger partial charge in [-0.2, -0.15) is 0 Å². The second-order valence-electron chi connectivity index (χ2n) is 7.19. The summed E-state index contributed by atoms with van der Waals surface area (Å²) in [4.78, 5) is 40.9. The van der Waals surface area contributed by atoms with E-state index < -0.39 is 10.8 Å². The van der Waals surface area contributed by atoms with Gasteiger partial charge >= 0.3 is 0 Å². The van der Waals surface area contributed by atoms with Gasteiger partial charge in [0.2, 0.25) is 0 Å². The summed E-state index contributed by atoms with van der Waals surface area (Å²) in [5.41, 5.74) is 1.49. The first kappa shape index (κ1) is 21.2. The quantitative estimate of drug-likeness (QED) is 0.356. The Morgan fingerprint density at radius 2 is 1.84 bits per heavy atom. The first-order chi connectivity index (χ1) is 15.3. The second kappa shape index (κ2) is 8.24. The maximum absolute atomic E-state index is 13.1. The predicted octanol–water partition coefficient (Wildman–Crippen LogP) is 4.82. The minimum absolute atomic E-state index is 0.115. The zero-order valence-corrected chi connectivity index (χ0v) is 17.9. The van der Waals surface area contributed by atoms with Crippen LogP contribution in [0, 0.1) is 24.0 Å². The zero-order chi connectivity index (χ0) is 23.0. The molecule has 8 nitrogen and oxygen atoms in total. The molecule has 9 heteroatoms. The van der Waals surface area contributed by atoms with Crippen LogP contribution in [-0.2, 0) is 0 Å². The highest BCUT2D eigenvalue weighted by molar-refractivity contribution is 6.34. The van der Waals surface area contributed by atoms with E-state index in [9.17, 15) is 19.7 Å². The van der Waals surface area contributed by atoms with Gasteiger partial charge in [0.1, 0.15) is 5.82 Å². The number of aryl methyl sites for hydroxylation is 2. The van der Waals surface area contributed by atoms with E-state index >= 15 is 0 Å². The number of nitro benzene ring substituents is 1. The molecule has 0 spiro atoms. The van der Waals surface area contributed by atoms with Crippen molar-refractivity contribution < 1.29 is 9.72 Å². The van der Waals surface area contributed by atoms with Crippen LogP contribution in [0.2, 0.25) is 5.02 Å². The summed E-state index contributed by atoms with van der Waals surface area (Å²) < 4.78 is 1.44. The predicted molar refractivity (Wildman–Crippen MR) is 123 cm³/mol. The normalized spacial score (nSPS) is 10.8. The summed E-state index contributed by atoms with van der Waals surface area (Å²) in [7, 11) is 0. The van der Waals surface area contributed by atoms with E-state index in [1.54, 1.807) is 50.2 Å². The van der Waals surface area contributed by atoms with E-state index in [0.29, 0.717) is 28.0 Å². The van der Waals surface area contributed by atoms with Crippen LogP contribution in [0.25, 0.3) is 16.6 Å². The summed E-state index contributed by atoms with van der Waals surface area (Å²) >= 11 is 6.27. The number of rotatable bonds is 4. The van der Waals surface area contributed by atoms with Crippen LogP contribution in [-0.4, -0.2) is 20.4 Å². The third kappa shape index (κ3) is 3.83. The number of hydrogen-bond donors (Lipinski definition) is 1. The Hall–Kier alpha value is -4.04. The number of nitrogens with zero attached hydrogens (tertiary/aromatic N) is 3. The highest BCUT2D eigenvalue weighted by Gasteiger charge is 2.17. The van der Waals surface area contributed by atoms with Gasteiger partial charge in [0.15, 0.2) is 0 Å². The first-order valence-corrected chi connectivity index (χ1v) is 9.99. The van der Waals surface area contributed by atoms with Crippen molar-refractivity contribution in [1.82, 2.24) is 9.55 Å². The number of hydrogen-bond acceptors (Lipinski definition) is 5. The van der Waals surface area contributed by atoms with Gasteiger partial charge in [-0.3, -0.25) is 24.3 Å². The number of nitro groups is 1. The Morgan fingerprint density at radius 1 is 1.09 bits per heavy atom. The average molecular weight is 449 g/mol. The molecule has 0 bridgehead atoms. The Kier molecular flexibility index (Phi) is 5.46. The Bertz CT molecular complexity index is 1460. The van der Waals surface area contributed by atoms with Crippen molar-refractivity contribution in [3.63, 3.8) is 0 Å². The first-order valence-electron chi connectivity index (χ1n) is 9.61. The van der Waals surface area contributed by atoms with E-state index in [-0.39, 0.29) is 27.5 Å². The molecule has 0 aliphatic carbocycles. The molecule has 4 rings (SSSR count). The molecule has 0 aliphatic heterocycles. The van der Waals surface area contributed by atoms with Crippen molar-refractivity contribution in [2.24, 2.45) is 0 Å². The molecule has 0 radical (unpaired) electrons. The van der Waals surface area contributed by atoms with E-state index in [1.807, 2.05) is 6.07 Å². The van der Waals surface area contributed by atoms with Crippen LogP contribution < -0.4 is 10.9 Å². The van der Waals surface area contributed by atoms with Crippen molar-refractivity contribution in [1.29, 1.82) is 0 Å². The van der Waals surface area contributed by atoms with Crippen LogP contribution in [0.5, 0.6) is 0 Å². The van der Waals surface area contributed by atoms with Gasteiger partial charge in [0.05, 0.1) is 32.2 Å². The number of para-hydroxylation sites is 1. The SMILES string of the molecule is Cc1ccc(C(=O)Nc2cc(-n3c(C)nc4ccccc4c3=O)ccc2Cl)cc1[N+](=O)[O-]. The molecule has 160 valence electrons. The van der Waals surface area contributed by atoms with Crippen molar-refractivity contribution in [3.8, 4) is 5.69 Å². The van der Waals surface area contributed by atoms with Crippen LogP contribution in [0.15, 0.2) is 65.5 Å². The summed E-state index contributed by atoms with van der Waals surface area (Å²) in [6.45, 7) is 3.31. The molecule has 32 heavy (non-hydrogen) atoms. The third-order valence-corrected chi connectivity index (χ3v) is 5.40. The molecule has 1 heterocycles. The summed E-state index contributed by atoms with van der Waals surface area (Å²) in [5, 5.41) is 14.6. The minimum atomic E-state index is -0.562. The lowest BCUT2D eigenvalue weighted by Gasteiger charge is -2.14. The highest BCUT2D eigenvalue weighted by Crippen LogP contribution is 2.27. The van der Waals surface area contributed by atoms with Crippen LogP contribution >= 0.6 is 11.6 Å². The minimum Gasteiger partial charge on any atom is -0.321 e. The zero-order valence-electron chi connectivity index (χ0n) is 17.1. The van der Waals surface area contributed by atoms with Gasteiger partial charge in [-0.05, 0) is 50.2 Å². The lowest BCUT2D eigenvalue weighted by molar-refractivity contribution is -0.385. The second-order valence-corrected chi connectivity index (χ2v) is 7.60. The molecule has 0 saturated carbocycles. The molecule has 0 unspecified atom stereocenters. The van der Waals surface area contributed by atoms with Gasteiger partial charge in [-0.1, -0.05) is 29.8 Å². The fourth-order valence-corrected chi connectivity index (χ4v) is 3.60. The van der Waals surface area contributed by atoms with Gasteiger partial charge < -0.3 is 5.32 Å².